The van der Waals surface area contributed by atoms with Gasteiger partial charge >= 0.3 is 5.97 Å². The van der Waals surface area contributed by atoms with Crippen LogP contribution in [0.25, 0.3) is 0 Å². The number of hydrogen-bond acceptors (Lipinski definition) is 5. The Hall–Kier alpha value is -4.46. The first kappa shape index (κ1) is 25.2. The summed E-state index contributed by atoms with van der Waals surface area (Å²) in [6.07, 6.45) is 0.344. The summed E-state index contributed by atoms with van der Waals surface area (Å²) in [6, 6.07) is 20.7. The quantitative estimate of drug-likeness (QED) is 0.402. The molecule has 3 rings (SSSR count). The molecule has 8 heteroatoms. The van der Waals surface area contributed by atoms with E-state index in [0.29, 0.717) is 28.9 Å². The van der Waals surface area contributed by atoms with Crippen LogP contribution in [0.5, 0.6) is 0 Å². The lowest BCUT2D eigenvalue weighted by molar-refractivity contribution is -0.118. The number of carbonyl (C=O) groups excluding carboxylic acids is 4. The number of hydrogen-bond donors (Lipinski definition) is 3. The average Bonchev–Trinajstić information content (AvgIpc) is 2.88. The van der Waals surface area contributed by atoms with E-state index in [9.17, 15) is 19.2 Å². The third-order valence-corrected chi connectivity index (χ3v) is 5.15. The molecule has 0 radical (unpaired) electrons. The van der Waals surface area contributed by atoms with Gasteiger partial charge in [0.05, 0.1) is 23.4 Å². The fourth-order valence-corrected chi connectivity index (χ4v) is 3.30. The SMILES string of the molecule is CCOC(=O)c1ccc(NC(=O)[C@H](CC)NC(=O)c2ccccc2NC(=O)c2ccccc2)cc1. The number of para-hydroxylation sites is 1. The zero-order valence-electron chi connectivity index (χ0n) is 19.5. The molecule has 3 aromatic rings. The molecule has 0 aliphatic rings. The molecule has 3 N–H and O–H groups in total. The number of amides is 3. The molecule has 0 fully saturated rings. The van der Waals surface area contributed by atoms with Crippen molar-refractivity contribution in [2.45, 2.75) is 26.3 Å². The van der Waals surface area contributed by atoms with Crippen LogP contribution in [0.2, 0.25) is 0 Å². The number of anilines is 2. The van der Waals surface area contributed by atoms with E-state index in [1.54, 1.807) is 86.6 Å². The minimum Gasteiger partial charge on any atom is -0.462 e. The summed E-state index contributed by atoms with van der Waals surface area (Å²) < 4.78 is 4.95. The van der Waals surface area contributed by atoms with Crippen LogP contribution < -0.4 is 16.0 Å². The van der Waals surface area contributed by atoms with Gasteiger partial charge in [-0.05, 0) is 61.9 Å². The number of rotatable bonds is 9. The highest BCUT2D eigenvalue weighted by Gasteiger charge is 2.22. The van der Waals surface area contributed by atoms with Gasteiger partial charge in [-0.1, -0.05) is 37.3 Å². The van der Waals surface area contributed by atoms with E-state index in [2.05, 4.69) is 16.0 Å². The molecule has 3 aromatic carbocycles. The molecule has 8 nitrogen and oxygen atoms in total. The second-order valence-electron chi connectivity index (χ2n) is 7.59. The Morgan fingerprint density at radius 2 is 1.40 bits per heavy atom. The first-order chi connectivity index (χ1) is 16.9. The summed E-state index contributed by atoms with van der Waals surface area (Å²) in [6.45, 7) is 3.77. The molecule has 0 saturated carbocycles. The van der Waals surface area contributed by atoms with Gasteiger partial charge in [-0.3, -0.25) is 14.4 Å². The first-order valence-corrected chi connectivity index (χ1v) is 11.3. The molecular formula is C27H27N3O5. The maximum atomic E-state index is 13.0. The van der Waals surface area contributed by atoms with Gasteiger partial charge in [0.15, 0.2) is 0 Å². The van der Waals surface area contributed by atoms with E-state index in [1.165, 1.54) is 0 Å². The maximum absolute atomic E-state index is 13.0. The van der Waals surface area contributed by atoms with Crippen molar-refractivity contribution in [3.63, 3.8) is 0 Å². The third kappa shape index (κ3) is 6.77. The van der Waals surface area contributed by atoms with Gasteiger partial charge in [-0.15, -0.1) is 0 Å². The number of carbonyl (C=O) groups is 4. The monoisotopic (exact) mass is 473 g/mol. The Kier molecular flexibility index (Phi) is 8.72. The second-order valence-corrected chi connectivity index (χ2v) is 7.59. The lowest BCUT2D eigenvalue weighted by Crippen LogP contribution is -2.43. The van der Waals surface area contributed by atoms with Crippen molar-refractivity contribution >= 4 is 35.1 Å². The summed E-state index contributed by atoms with van der Waals surface area (Å²) in [5, 5.41) is 8.22. The van der Waals surface area contributed by atoms with Gasteiger partial charge in [0.1, 0.15) is 6.04 Å². The van der Waals surface area contributed by atoms with Crippen molar-refractivity contribution in [2.24, 2.45) is 0 Å². The third-order valence-electron chi connectivity index (χ3n) is 5.15. The van der Waals surface area contributed by atoms with Crippen molar-refractivity contribution in [1.82, 2.24) is 5.32 Å². The molecular weight excluding hydrogens is 446 g/mol. The largest absolute Gasteiger partial charge is 0.462 e. The molecule has 0 bridgehead atoms. The van der Waals surface area contributed by atoms with Crippen LogP contribution >= 0.6 is 0 Å². The molecule has 0 aliphatic carbocycles. The molecule has 0 aliphatic heterocycles. The Balaban J connectivity index is 1.67. The molecule has 0 saturated heterocycles. The molecule has 0 aromatic heterocycles. The molecule has 0 unspecified atom stereocenters. The van der Waals surface area contributed by atoms with Crippen molar-refractivity contribution in [2.75, 3.05) is 17.2 Å². The predicted molar refractivity (Wildman–Crippen MR) is 133 cm³/mol. The van der Waals surface area contributed by atoms with Crippen molar-refractivity contribution in [3.8, 4) is 0 Å². The predicted octanol–water partition coefficient (Wildman–Crippen LogP) is 4.26. The standard InChI is InChI=1S/C27H27N3O5/c1-3-22(26(33)28-20-16-14-19(15-17-20)27(34)35-4-2)29-25(32)21-12-8-9-13-23(21)30-24(31)18-10-6-5-7-11-18/h5-17,22H,3-4H2,1-2H3,(H,28,33)(H,29,32)(H,30,31)/t22-/m0/s1. The van der Waals surface area contributed by atoms with Gasteiger partial charge in [-0.25, -0.2) is 4.79 Å². The van der Waals surface area contributed by atoms with Gasteiger partial charge in [0.25, 0.3) is 11.8 Å². The lowest BCUT2D eigenvalue weighted by atomic mass is 10.1. The van der Waals surface area contributed by atoms with E-state index in [4.69, 9.17) is 4.74 Å². The van der Waals surface area contributed by atoms with Crippen molar-refractivity contribution in [1.29, 1.82) is 0 Å². The highest BCUT2D eigenvalue weighted by atomic mass is 16.5. The van der Waals surface area contributed by atoms with Crippen LogP contribution in [-0.2, 0) is 9.53 Å². The number of benzene rings is 3. The fraction of sp³-hybridized carbons (Fsp3) is 0.185. The van der Waals surface area contributed by atoms with Gasteiger partial charge < -0.3 is 20.7 Å². The molecule has 0 spiro atoms. The van der Waals surface area contributed by atoms with Gasteiger partial charge in [0, 0.05) is 11.3 Å². The first-order valence-electron chi connectivity index (χ1n) is 11.3. The smallest absolute Gasteiger partial charge is 0.338 e. The van der Waals surface area contributed by atoms with Crippen LogP contribution in [0.3, 0.4) is 0 Å². The van der Waals surface area contributed by atoms with E-state index >= 15 is 0 Å². The Bertz CT molecular complexity index is 1190. The maximum Gasteiger partial charge on any atom is 0.338 e. The van der Waals surface area contributed by atoms with Crippen molar-refractivity contribution in [3.05, 3.63) is 95.6 Å². The van der Waals surface area contributed by atoms with E-state index in [0.717, 1.165) is 0 Å². The normalized spacial score (nSPS) is 11.1. The number of ether oxygens (including phenoxy) is 1. The summed E-state index contributed by atoms with van der Waals surface area (Å²) in [5.41, 5.74) is 1.89. The second kappa shape index (κ2) is 12.1. The molecule has 3 amide bonds. The van der Waals surface area contributed by atoms with Gasteiger partial charge in [0.2, 0.25) is 5.91 Å². The molecule has 35 heavy (non-hydrogen) atoms. The minimum atomic E-state index is -0.815. The van der Waals surface area contributed by atoms with E-state index in [1.807, 2.05) is 6.07 Å². The average molecular weight is 474 g/mol. The van der Waals surface area contributed by atoms with Crippen LogP contribution in [0, 0.1) is 0 Å². The Morgan fingerprint density at radius 3 is 2.06 bits per heavy atom. The summed E-state index contributed by atoms with van der Waals surface area (Å²) in [5.74, 6) is -1.69. The molecule has 0 heterocycles. The summed E-state index contributed by atoms with van der Waals surface area (Å²) in [7, 11) is 0. The Labute approximate surface area is 203 Å². The molecule has 1 atom stereocenters. The van der Waals surface area contributed by atoms with E-state index < -0.39 is 23.8 Å². The molecule has 180 valence electrons. The topological polar surface area (TPSA) is 114 Å². The minimum absolute atomic E-state index is 0.238. The van der Waals surface area contributed by atoms with Gasteiger partial charge in [-0.2, -0.15) is 0 Å². The zero-order chi connectivity index (χ0) is 25.2. The summed E-state index contributed by atoms with van der Waals surface area (Å²) >= 11 is 0. The zero-order valence-corrected chi connectivity index (χ0v) is 19.5. The summed E-state index contributed by atoms with van der Waals surface area (Å²) in [4.78, 5) is 50.1. The number of nitrogens with one attached hydrogen (secondary N) is 3. The Morgan fingerprint density at radius 1 is 0.743 bits per heavy atom. The van der Waals surface area contributed by atoms with Crippen LogP contribution in [0.15, 0.2) is 78.9 Å². The number of esters is 1. The highest BCUT2D eigenvalue weighted by molar-refractivity contribution is 6.10. The van der Waals surface area contributed by atoms with Crippen molar-refractivity contribution < 1.29 is 23.9 Å². The van der Waals surface area contributed by atoms with E-state index in [-0.39, 0.29) is 18.1 Å². The van der Waals surface area contributed by atoms with Crippen LogP contribution in [0.1, 0.15) is 51.3 Å². The van der Waals surface area contributed by atoms with Crippen LogP contribution in [-0.4, -0.2) is 36.3 Å². The lowest BCUT2D eigenvalue weighted by Gasteiger charge is -2.18. The highest BCUT2D eigenvalue weighted by Crippen LogP contribution is 2.17. The fourth-order valence-electron chi connectivity index (χ4n) is 3.30. The van der Waals surface area contributed by atoms with Crippen LogP contribution in [0.4, 0.5) is 11.4 Å².